The first-order valence-corrected chi connectivity index (χ1v) is 7.27. The van der Waals surface area contributed by atoms with Crippen molar-refractivity contribution in [3.63, 3.8) is 0 Å². The molecule has 0 saturated heterocycles. The Balaban J connectivity index is 2.26. The Morgan fingerprint density at radius 1 is 1.09 bits per heavy atom. The monoisotopic (exact) mass is 309 g/mol. The number of halogens is 1. The molecule has 2 heterocycles. The van der Waals surface area contributed by atoms with Gasteiger partial charge in [0.2, 0.25) is 5.65 Å². The summed E-state index contributed by atoms with van der Waals surface area (Å²) in [6, 6.07) is 13.3. The number of benzene rings is 2. The second kappa shape index (κ2) is 4.71. The van der Waals surface area contributed by atoms with Gasteiger partial charge in [-0.1, -0.05) is 23.7 Å². The topological polar surface area (TPSA) is 39.3 Å². The van der Waals surface area contributed by atoms with Crippen molar-refractivity contribution < 1.29 is 0 Å². The van der Waals surface area contributed by atoms with Crippen molar-refractivity contribution in [2.75, 3.05) is 0 Å². The first kappa shape index (κ1) is 13.1. The van der Waals surface area contributed by atoms with Crippen molar-refractivity contribution in [1.29, 1.82) is 0 Å². The molecule has 2 aromatic carbocycles. The summed E-state index contributed by atoms with van der Waals surface area (Å²) in [6.45, 7) is 2.00. The molecular formula is C17H12ClN3O. The maximum atomic E-state index is 12.9. The Morgan fingerprint density at radius 3 is 2.77 bits per heavy atom. The van der Waals surface area contributed by atoms with Crippen molar-refractivity contribution in [3.05, 3.63) is 75.8 Å². The average molecular weight is 310 g/mol. The third-order valence-electron chi connectivity index (χ3n) is 3.73. The predicted octanol–water partition coefficient (Wildman–Crippen LogP) is 3.60. The van der Waals surface area contributed by atoms with Crippen molar-refractivity contribution in [2.24, 2.45) is 0 Å². The minimum Gasteiger partial charge on any atom is -0.294 e. The molecule has 0 aliphatic carbocycles. The SMILES string of the molecule is Cc1cccc(-n2c(=O)c3nccn3c3ccc(Cl)cc32)c1. The van der Waals surface area contributed by atoms with E-state index in [2.05, 4.69) is 4.98 Å². The van der Waals surface area contributed by atoms with E-state index < -0.39 is 0 Å². The minimum absolute atomic E-state index is 0.162. The van der Waals surface area contributed by atoms with E-state index in [0.717, 1.165) is 22.3 Å². The summed E-state index contributed by atoms with van der Waals surface area (Å²) >= 11 is 6.15. The standard InChI is InChI=1S/C17H12ClN3O/c1-11-3-2-4-13(9-11)21-15-10-12(18)5-6-14(15)20-8-7-19-16(20)17(21)22/h2-10H,1H3. The quantitative estimate of drug-likeness (QED) is 0.539. The van der Waals surface area contributed by atoms with Crippen molar-refractivity contribution >= 4 is 28.3 Å². The molecule has 0 radical (unpaired) electrons. The minimum atomic E-state index is -0.162. The largest absolute Gasteiger partial charge is 0.299 e. The lowest BCUT2D eigenvalue weighted by Gasteiger charge is -2.13. The van der Waals surface area contributed by atoms with Gasteiger partial charge in [-0.2, -0.15) is 0 Å². The lowest BCUT2D eigenvalue weighted by molar-refractivity contribution is 1.01. The Hall–Kier alpha value is -2.59. The van der Waals surface area contributed by atoms with Gasteiger partial charge in [-0.05, 0) is 42.8 Å². The van der Waals surface area contributed by atoms with Crippen LogP contribution >= 0.6 is 11.6 Å². The third-order valence-corrected chi connectivity index (χ3v) is 3.97. The van der Waals surface area contributed by atoms with Crippen molar-refractivity contribution in [2.45, 2.75) is 6.92 Å². The van der Waals surface area contributed by atoms with Crippen LogP contribution in [0.15, 0.2) is 59.7 Å². The summed E-state index contributed by atoms with van der Waals surface area (Å²) in [6.07, 6.45) is 3.42. The fourth-order valence-corrected chi connectivity index (χ4v) is 2.93. The summed E-state index contributed by atoms with van der Waals surface area (Å²) in [5.41, 5.74) is 3.78. The maximum Gasteiger partial charge on any atom is 0.299 e. The van der Waals surface area contributed by atoms with Crippen LogP contribution in [0.2, 0.25) is 5.02 Å². The van der Waals surface area contributed by atoms with Crippen molar-refractivity contribution in [1.82, 2.24) is 14.0 Å². The van der Waals surface area contributed by atoms with Gasteiger partial charge in [0.15, 0.2) is 0 Å². The molecule has 0 N–H and O–H groups in total. The first-order valence-electron chi connectivity index (χ1n) is 6.89. The first-order chi connectivity index (χ1) is 10.6. The molecule has 0 spiro atoms. The fraction of sp³-hybridized carbons (Fsp3) is 0.0588. The van der Waals surface area contributed by atoms with Crippen LogP contribution in [0.25, 0.3) is 22.4 Å². The van der Waals surface area contributed by atoms with E-state index in [4.69, 9.17) is 11.6 Å². The Kier molecular flexibility index (Phi) is 2.81. The molecule has 4 nitrogen and oxygen atoms in total. The molecule has 0 fully saturated rings. The number of rotatable bonds is 1. The van der Waals surface area contributed by atoms with E-state index >= 15 is 0 Å². The lowest BCUT2D eigenvalue weighted by atomic mass is 10.2. The number of imidazole rings is 1. The van der Waals surface area contributed by atoms with Gasteiger partial charge in [0.25, 0.3) is 5.56 Å². The molecule has 4 aromatic rings. The summed E-state index contributed by atoms with van der Waals surface area (Å²) in [7, 11) is 0. The Labute approximate surface area is 131 Å². The highest BCUT2D eigenvalue weighted by molar-refractivity contribution is 6.31. The van der Waals surface area contributed by atoms with Gasteiger partial charge in [0.05, 0.1) is 11.0 Å². The number of fused-ring (bicyclic) bond motifs is 3. The average Bonchev–Trinajstić information content (AvgIpc) is 2.97. The van der Waals surface area contributed by atoms with Crippen LogP contribution in [-0.4, -0.2) is 14.0 Å². The molecule has 4 rings (SSSR count). The van der Waals surface area contributed by atoms with Crippen LogP contribution in [0.4, 0.5) is 0 Å². The van der Waals surface area contributed by atoms with Gasteiger partial charge in [-0.15, -0.1) is 0 Å². The summed E-state index contributed by atoms with van der Waals surface area (Å²) in [4.78, 5) is 17.1. The number of aryl methyl sites for hydroxylation is 1. The van der Waals surface area contributed by atoms with Gasteiger partial charge in [0.1, 0.15) is 0 Å². The van der Waals surface area contributed by atoms with Crippen LogP contribution in [-0.2, 0) is 0 Å². The molecular weight excluding hydrogens is 298 g/mol. The summed E-state index contributed by atoms with van der Waals surface area (Å²) < 4.78 is 3.46. The van der Waals surface area contributed by atoms with E-state index in [1.54, 1.807) is 27.4 Å². The number of nitrogens with zero attached hydrogens (tertiary/aromatic N) is 3. The van der Waals surface area contributed by atoms with Crippen molar-refractivity contribution in [3.8, 4) is 5.69 Å². The van der Waals surface area contributed by atoms with Crippen LogP contribution in [0.1, 0.15) is 5.56 Å². The van der Waals surface area contributed by atoms with Gasteiger partial charge in [-0.3, -0.25) is 13.8 Å². The zero-order valence-electron chi connectivity index (χ0n) is 11.8. The zero-order valence-corrected chi connectivity index (χ0v) is 12.6. The Morgan fingerprint density at radius 2 is 1.95 bits per heavy atom. The summed E-state index contributed by atoms with van der Waals surface area (Å²) in [5.74, 6) is 0. The molecule has 2 aromatic heterocycles. The van der Waals surface area contributed by atoms with E-state index in [-0.39, 0.29) is 5.56 Å². The highest BCUT2D eigenvalue weighted by Crippen LogP contribution is 2.22. The van der Waals surface area contributed by atoms with Crippen LogP contribution in [0.3, 0.4) is 0 Å². The number of hydrogen-bond donors (Lipinski definition) is 0. The summed E-state index contributed by atoms with van der Waals surface area (Å²) in [5, 5.41) is 0.591. The van der Waals surface area contributed by atoms with E-state index in [0.29, 0.717) is 10.7 Å². The van der Waals surface area contributed by atoms with Gasteiger partial charge < -0.3 is 0 Å². The molecule has 0 atom stereocenters. The third kappa shape index (κ3) is 1.84. The second-order valence-electron chi connectivity index (χ2n) is 5.23. The smallest absolute Gasteiger partial charge is 0.294 e. The molecule has 0 aliphatic heterocycles. The lowest BCUT2D eigenvalue weighted by Crippen LogP contribution is -2.21. The van der Waals surface area contributed by atoms with Crippen LogP contribution < -0.4 is 5.56 Å². The normalized spacial score (nSPS) is 11.4. The second-order valence-corrected chi connectivity index (χ2v) is 5.67. The molecule has 0 aliphatic rings. The number of aromatic nitrogens is 3. The van der Waals surface area contributed by atoms with E-state index in [1.165, 1.54) is 0 Å². The predicted molar refractivity (Wildman–Crippen MR) is 88.0 cm³/mol. The molecule has 0 saturated carbocycles. The Bertz CT molecular complexity index is 1080. The van der Waals surface area contributed by atoms with Gasteiger partial charge in [0, 0.05) is 23.1 Å². The number of hydrogen-bond acceptors (Lipinski definition) is 2. The molecule has 0 unspecified atom stereocenters. The molecule has 5 heteroatoms. The zero-order chi connectivity index (χ0) is 15.3. The van der Waals surface area contributed by atoms with Crippen LogP contribution in [0.5, 0.6) is 0 Å². The highest BCUT2D eigenvalue weighted by atomic mass is 35.5. The van der Waals surface area contributed by atoms with Gasteiger partial charge >= 0.3 is 0 Å². The fourth-order valence-electron chi connectivity index (χ4n) is 2.77. The maximum absolute atomic E-state index is 12.9. The van der Waals surface area contributed by atoms with E-state index in [9.17, 15) is 4.79 Å². The molecule has 22 heavy (non-hydrogen) atoms. The molecule has 108 valence electrons. The molecule has 0 amide bonds. The molecule has 0 bridgehead atoms. The van der Waals surface area contributed by atoms with Crippen LogP contribution in [0, 0.1) is 6.92 Å². The van der Waals surface area contributed by atoms with Gasteiger partial charge in [-0.25, -0.2) is 4.98 Å². The van der Waals surface area contributed by atoms with E-state index in [1.807, 2.05) is 43.3 Å². The highest BCUT2D eigenvalue weighted by Gasteiger charge is 2.13.